The van der Waals surface area contributed by atoms with Crippen molar-refractivity contribution in [2.24, 2.45) is 5.92 Å². The van der Waals surface area contributed by atoms with E-state index in [-0.39, 0.29) is 5.92 Å². The van der Waals surface area contributed by atoms with Gasteiger partial charge in [-0.2, -0.15) is 0 Å². The second kappa shape index (κ2) is 4.98. The summed E-state index contributed by atoms with van der Waals surface area (Å²) in [7, 11) is 0. The van der Waals surface area contributed by atoms with Gasteiger partial charge in [0, 0.05) is 12.5 Å². The van der Waals surface area contributed by atoms with Crippen molar-refractivity contribution in [3.8, 4) is 0 Å². The van der Waals surface area contributed by atoms with Crippen LogP contribution >= 0.6 is 0 Å². The first-order valence-electron chi connectivity index (χ1n) is 6.13. The maximum atomic E-state index is 10.9. The first-order chi connectivity index (χ1) is 7.77. The smallest absolute Gasteiger partial charge is 0.0947 e. The van der Waals surface area contributed by atoms with Crippen molar-refractivity contribution in [3.63, 3.8) is 0 Å². The van der Waals surface area contributed by atoms with E-state index in [2.05, 4.69) is 6.92 Å². The zero-order chi connectivity index (χ0) is 11.4. The van der Waals surface area contributed by atoms with Gasteiger partial charge in [-0.05, 0) is 18.4 Å². The Balaban J connectivity index is 2.27. The molecule has 2 unspecified atom stereocenters. The fraction of sp³-hybridized carbons (Fsp3) is 0.571. The third-order valence-electron chi connectivity index (χ3n) is 3.51. The van der Waals surface area contributed by atoms with E-state index >= 15 is 0 Å². The Morgan fingerprint density at radius 1 is 1.38 bits per heavy atom. The summed E-state index contributed by atoms with van der Waals surface area (Å²) in [6, 6.07) is 10.0. The highest BCUT2D eigenvalue weighted by atomic mass is 16.5. The largest absolute Gasteiger partial charge is 0.385 e. The van der Waals surface area contributed by atoms with E-state index in [1.54, 1.807) is 0 Å². The number of hydrogen-bond acceptors (Lipinski definition) is 2. The zero-order valence-electron chi connectivity index (χ0n) is 9.86. The monoisotopic (exact) mass is 220 g/mol. The van der Waals surface area contributed by atoms with E-state index < -0.39 is 5.60 Å². The summed E-state index contributed by atoms with van der Waals surface area (Å²) in [6.45, 7) is 3.58. The molecule has 1 N–H and O–H groups in total. The van der Waals surface area contributed by atoms with Crippen molar-refractivity contribution < 1.29 is 9.84 Å². The molecule has 0 saturated carbocycles. The average Bonchev–Trinajstić information content (AvgIpc) is 2.84. The minimum atomic E-state index is -0.702. The van der Waals surface area contributed by atoms with Gasteiger partial charge in [0.15, 0.2) is 0 Å². The number of aliphatic hydroxyl groups is 1. The second-order valence-electron chi connectivity index (χ2n) is 4.60. The molecule has 1 saturated heterocycles. The van der Waals surface area contributed by atoms with Gasteiger partial charge in [-0.3, -0.25) is 0 Å². The lowest BCUT2D eigenvalue weighted by Gasteiger charge is -2.33. The lowest BCUT2D eigenvalue weighted by molar-refractivity contribution is -0.0353. The van der Waals surface area contributed by atoms with E-state index in [0.29, 0.717) is 6.61 Å². The molecule has 0 bridgehead atoms. The molecular formula is C14H20O2. The molecule has 0 aliphatic carbocycles. The summed E-state index contributed by atoms with van der Waals surface area (Å²) < 4.78 is 5.41. The van der Waals surface area contributed by atoms with E-state index in [0.717, 1.165) is 31.4 Å². The molecule has 16 heavy (non-hydrogen) atoms. The molecule has 0 radical (unpaired) electrons. The summed E-state index contributed by atoms with van der Waals surface area (Å²) in [4.78, 5) is 0. The van der Waals surface area contributed by atoms with Gasteiger partial charge < -0.3 is 9.84 Å². The van der Waals surface area contributed by atoms with Gasteiger partial charge >= 0.3 is 0 Å². The predicted molar refractivity (Wildman–Crippen MR) is 64.2 cm³/mol. The molecule has 1 aliphatic rings. The molecule has 1 fully saturated rings. The molecule has 2 rings (SSSR count). The van der Waals surface area contributed by atoms with Crippen LogP contribution in [0.25, 0.3) is 0 Å². The van der Waals surface area contributed by atoms with Gasteiger partial charge in [0.1, 0.15) is 0 Å². The van der Waals surface area contributed by atoms with Crippen molar-refractivity contribution in [3.05, 3.63) is 35.9 Å². The lowest BCUT2D eigenvalue weighted by Crippen LogP contribution is -2.35. The maximum Gasteiger partial charge on any atom is 0.0947 e. The number of hydrogen-bond donors (Lipinski definition) is 1. The van der Waals surface area contributed by atoms with Crippen LogP contribution in [-0.4, -0.2) is 18.3 Å². The van der Waals surface area contributed by atoms with E-state index in [1.165, 1.54) is 0 Å². The van der Waals surface area contributed by atoms with E-state index in [1.807, 2.05) is 30.3 Å². The summed E-state index contributed by atoms with van der Waals surface area (Å²) >= 11 is 0. The highest BCUT2D eigenvalue weighted by Crippen LogP contribution is 2.38. The third kappa shape index (κ3) is 2.13. The minimum Gasteiger partial charge on any atom is -0.385 e. The second-order valence-corrected chi connectivity index (χ2v) is 4.60. The maximum absolute atomic E-state index is 10.9. The van der Waals surface area contributed by atoms with Crippen LogP contribution in [-0.2, 0) is 10.3 Å². The average molecular weight is 220 g/mol. The van der Waals surface area contributed by atoms with Crippen LogP contribution in [0.15, 0.2) is 30.3 Å². The van der Waals surface area contributed by atoms with Crippen LogP contribution in [0.2, 0.25) is 0 Å². The molecule has 0 spiro atoms. The van der Waals surface area contributed by atoms with Crippen LogP contribution in [0.5, 0.6) is 0 Å². The fourth-order valence-electron chi connectivity index (χ4n) is 2.60. The number of ether oxygens (including phenoxy) is 1. The Bertz CT molecular complexity index is 317. The SMILES string of the molecule is CCCC(O)(c1ccccc1)C1CCOC1. The Morgan fingerprint density at radius 3 is 2.69 bits per heavy atom. The molecule has 1 aromatic carbocycles. The Kier molecular flexibility index (Phi) is 3.62. The number of benzene rings is 1. The van der Waals surface area contributed by atoms with E-state index in [9.17, 15) is 5.11 Å². The van der Waals surface area contributed by atoms with Gasteiger partial charge in [-0.1, -0.05) is 43.7 Å². The molecule has 0 aromatic heterocycles. The van der Waals surface area contributed by atoms with Crippen molar-refractivity contribution in [2.45, 2.75) is 31.8 Å². The molecule has 0 amide bonds. The number of rotatable bonds is 4. The molecule has 88 valence electrons. The molecule has 1 aromatic rings. The molecule has 1 aliphatic heterocycles. The normalized spacial score (nSPS) is 24.2. The van der Waals surface area contributed by atoms with Gasteiger partial charge in [0.05, 0.1) is 12.2 Å². The quantitative estimate of drug-likeness (QED) is 0.845. The van der Waals surface area contributed by atoms with Crippen LogP contribution in [0, 0.1) is 5.92 Å². The third-order valence-corrected chi connectivity index (χ3v) is 3.51. The molecule has 1 heterocycles. The minimum absolute atomic E-state index is 0.245. The van der Waals surface area contributed by atoms with Crippen molar-refractivity contribution >= 4 is 0 Å². The van der Waals surface area contributed by atoms with Crippen LogP contribution < -0.4 is 0 Å². The highest BCUT2D eigenvalue weighted by molar-refractivity contribution is 5.23. The van der Waals surface area contributed by atoms with Crippen molar-refractivity contribution in [2.75, 3.05) is 13.2 Å². The van der Waals surface area contributed by atoms with Crippen LogP contribution in [0.3, 0.4) is 0 Å². The first-order valence-corrected chi connectivity index (χ1v) is 6.13. The molecule has 2 heteroatoms. The van der Waals surface area contributed by atoms with Crippen LogP contribution in [0.1, 0.15) is 31.7 Å². The van der Waals surface area contributed by atoms with Crippen LogP contribution in [0.4, 0.5) is 0 Å². The first kappa shape index (κ1) is 11.6. The lowest BCUT2D eigenvalue weighted by atomic mass is 9.78. The molecule has 2 atom stereocenters. The Labute approximate surface area is 97.3 Å². The fourth-order valence-corrected chi connectivity index (χ4v) is 2.60. The zero-order valence-corrected chi connectivity index (χ0v) is 9.86. The Hall–Kier alpha value is -0.860. The van der Waals surface area contributed by atoms with Gasteiger partial charge in [-0.15, -0.1) is 0 Å². The summed E-state index contributed by atoms with van der Waals surface area (Å²) in [5.74, 6) is 0.245. The van der Waals surface area contributed by atoms with Crippen molar-refractivity contribution in [1.82, 2.24) is 0 Å². The highest BCUT2D eigenvalue weighted by Gasteiger charge is 2.39. The topological polar surface area (TPSA) is 29.5 Å². The summed E-state index contributed by atoms with van der Waals surface area (Å²) in [5.41, 5.74) is 0.333. The standard InChI is InChI=1S/C14H20O2/c1-2-9-14(15,13-8-10-16-11-13)12-6-4-3-5-7-12/h3-7,13,15H,2,8-11H2,1H3. The van der Waals surface area contributed by atoms with Gasteiger partial charge in [0.25, 0.3) is 0 Å². The van der Waals surface area contributed by atoms with E-state index in [4.69, 9.17) is 4.74 Å². The van der Waals surface area contributed by atoms with Crippen molar-refractivity contribution in [1.29, 1.82) is 0 Å². The van der Waals surface area contributed by atoms with Gasteiger partial charge in [-0.25, -0.2) is 0 Å². The predicted octanol–water partition coefficient (Wildman–Crippen LogP) is 2.71. The molecule has 2 nitrogen and oxygen atoms in total. The van der Waals surface area contributed by atoms with Gasteiger partial charge in [0.2, 0.25) is 0 Å². The summed E-state index contributed by atoms with van der Waals surface area (Å²) in [5, 5.41) is 10.9. The molecular weight excluding hydrogens is 200 g/mol. The summed E-state index contributed by atoms with van der Waals surface area (Å²) in [6.07, 6.45) is 2.76. The Morgan fingerprint density at radius 2 is 2.12 bits per heavy atom.